The van der Waals surface area contributed by atoms with Crippen LogP contribution in [0.15, 0.2) is 93.2 Å². The van der Waals surface area contributed by atoms with Crippen molar-refractivity contribution in [3.63, 3.8) is 0 Å². The van der Waals surface area contributed by atoms with Crippen LogP contribution in [0.3, 0.4) is 0 Å². The van der Waals surface area contributed by atoms with E-state index in [0.29, 0.717) is 58.1 Å². The van der Waals surface area contributed by atoms with Crippen molar-refractivity contribution in [2.24, 2.45) is 0 Å². The first-order valence-electron chi connectivity index (χ1n) is 18.0. The van der Waals surface area contributed by atoms with Crippen molar-refractivity contribution in [1.82, 2.24) is 25.0 Å². The summed E-state index contributed by atoms with van der Waals surface area (Å²) in [6.45, 7) is 3.24. The van der Waals surface area contributed by atoms with Crippen LogP contribution in [0.4, 0.5) is 23.1 Å². The second-order valence-corrected chi connectivity index (χ2v) is 15.6. The van der Waals surface area contributed by atoms with E-state index in [0.717, 1.165) is 61.7 Å². The van der Waals surface area contributed by atoms with Gasteiger partial charge in [0.15, 0.2) is 21.3 Å². The molecule has 0 spiro atoms. The monoisotopic (exact) mass is 785 g/mol. The van der Waals surface area contributed by atoms with E-state index in [9.17, 15) is 13.2 Å². The molecule has 0 saturated carbocycles. The highest BCUT2D eigenvalue weighted by atomic mass is 35.5. The van der Waals surface area contributed by atoms with Gasteiger partial charge in [0.05, 0.1) is 28.0 Å². The molecule has 0 radical (unpaired) electrons. The molecule has 286 valence electrons. The number of rotatable bonds is 18. The van der Waals surface area contributed by atoms with Crippen LogP contribution >= 0.6 is 11.6 Å². The lowest BCUT2D eigenvalue weighted by Crippen LogP contribution is -2.08. The average molecular weight is 786 g/mol. The molecule has 0 saturated heterocycles. The maximum Gasteiger partial charge on any atom is 0.336 e. The molecule has 0 atom stereocenters. The zero-order valence-corrected chi connectivity index (χ0v) is 31.7. The Labute approximate surface area is 322 Å². The number of hydrogen-bond donors (Lipinski definition) is 2. The molecular weight excluding hydrogens is 746 g/mol. The van der Waals surface area contributed by atoms with Crippen molar-refractivity contribution < 1.29 is 27.0 Å². The third-order valence-electron chi connectivity index (χ3n) is 9.00. The first kappa shape index (κ1) is 37.6. The molecule has 0 bridgehead atoms. The molecule has 0 aliphatic carbocycles. The maximum absolute atomic E-state index is 13.2. The van der Waals surface area contributed by atoms with Gasteiger partial charge in [0.1, 0.15) is 22.8 Å². The minimum Gasteiger partial charge on any atom is -0.493 e. The summed E-state index contributed by atoms with van der Waals surface area (Å²) in [4.78, 5) is 20.7. The molecular formula is C39H40ClN7O7S. The van der Waals surface area contributed by atoms with Gasteiger partial charge in [0.2, 0.25) is 12.7 Å². The van der Waals surface area contributed by atoms with E-state index in [1.807, 2.05) is 29.9 Å². The quantitative estimate of drug-likeness (QED) is 0.0639. The number of halogens is 1. The van der Waals surface area contributed by atoms with Crippen LogP contribution in [0.2, 0.25) is 5.02 Å². The summed E-state index contributed by atoms with van der Waals surface area (Å²) in [5.41, 5.74) is 3.02. The number of benzene rings is 3. The second-order valence-electron chi connectivity index (χ2n) is 13.1. The molecule has 6 aromatic rings. The van der Waals surface area contributed by atoms with Crippen LogP contribution in [0.25, 0.3) is 11.0 Å². The van der Waals surface area contributed by atoms with Gasteiger partial charge in [-0.3, -0.25) is 4.68 Å². The van der Waals surface area contributed by atoms with E-state index in [4.69, 9.17) is 30.2 Å². The molecule has 16 heteroatoms. The summed E-state index contributed by atoms with van der Waals surface area (Å²) in [5.74, 6) is 2.54. The fourth-order valence-corrected chi connectivity index (χ4v) is 7.78. The highest BCUT2D eigenvalue weighted by Crippen LogP contribution is 2.44. The molecule has 14 nitrogen and oxygen atoms in total. The summed E-state index contributed by atoms with van der Waals surface area (Å²) in [5, 5.41) is 16.1. The van der Waals surface area contributed by atoms with Crippen molar-refractivity contribution >= 4 is 55.5 Å². The number of aromatic nitrogens is 5. The largest absolute Gasteiger partial charge is 0.493 e. The van der Waals surface area contributed by atoms with Gasteiger partial charge in [-0.2, -0.15) is 4.98 Å². The number of ether oxygens (including phenoxy) is 3. The molecule has 0 unspecified atom stereocenters. The highest BCUT2D eigenvalue weighted by molar-refractivity contribution is 7.91. The fraction of sp³-hybridized carbons (Fsp3) is 0.308. The van der Waals surface area contributed by atoms with Crippen LogP contribution in [-0.4, -0.2) is 52.5 Å². The third-order valence-corrected chi connectivity index (χ3v) is 11.1. The summed E-state index contributed by atoms with van der Waals surface area (Å²) in [6, 6.07) is 18.8. The van der Waals surface area contributed by atoms with E-state index in [-0.39, 0.29) is 29.0 Å². The lowest BCUT2D eigenvalue weighted by Gasteiger charge is -2.12. The predicted octanol–water partition coefficient (Wildman–Crippen LogP) is 7.79. The Morgan fingerprint density at radius 1 is 0.945 bits per heavy atom. The Bertz CT molecular complexity index is 2460. The minimum atomic E-state index is -3.50. The van der Waals surface area contributed by atoms with Gasteiger partial charge in [-0.1, -0.05) is 35.7 Å². The minimum absolute atomic E-state index is 0.0500. The Morgan fingerprint density at radius 3 is 2.75 bits per heavy atom. The maximum atomic E-state index is 13.2. The van der Waals surface area contributed by atoms with Gasteiger partial charge in [0, 0.05) is 42.1 Å². The van der Waals surface area contributed by atoms with E-state index >= 15 is 0 Å². The van der Waals surface area contributed by atoms with Gasteiger partial charge < -0.3 is 29.3 Å². The molecule has 3 aromatic heterocycles. The van der Waals surface area contributed by atoms with E-state index in [2.05, 4.69) is 30.9 Å². The smallest absolute Gasteiger partial charge is 0.336 e. The first-order chi connectivity index (χ1) is 26.7. The number of aryl methyl sites for hydroxylation is 3. The number of unbranched alkanes of at least 4 members (excludes halogenated alkanes) is 4. The number of nitrogens with zero attached hydrogens (tertiary/aromatic N) is 5. The van der Waals surface area contributed by atoms with Gasteiger partial charge in [-0.15, -0.1) is 5.10 Å². The molecule has 4 heterocycles. The van der Waals surface area contributed by atoms with Crippen LogP contribution in [0.1, 0.15) is 49.8 Å². The van der Waals surface area contributed by atoms with Gasteiger partial charge in [0.25, 0.3) is 0 Å². The SMILES string of the molecule is Cc1cc(=O)oc2cc(OCCCCc3cn(CCCCCCS(=O)(=O)c4cccc(Nc5nccc(Nc6c(Cl)ccc7c6OCO7)n5)c4)nn3)ccc12. The Kier molecular flexibility index (Phi) is 11.8. The molecule has 3 aromatic carbocycles. The van der Waals surface area contributed by atoms with Crippen LogP contribution in [-0.2, 0) is 22.8 Å². The van der Waals surface area contributed by atoms with Gasteiger partial charge in [-0.25, -0.2) is 18.2 Å². The Hall–Kier alpha value is -5.67. The molecule has 0 amide bonds. The number of nitrogens with one attached hydrogen (secondary N) is 2. The first-order valence-corrected chi connectivity index (χ1v) is 20.1. The molecule has 1 aliphatic heterocycles. The molecule has 55 heavy (non-hydrogen) atoms. The Morgan fingerprint density at radius 2 is 1.84 bits per heavy atom. The lowest BCUT2D eigenvalue weighted by molar-refractivity contribution is 0.174. The summed E-state index contributed by atoms with van der Waals surface area (Å²) in [6.07, 6.45) is 9.14. The van der Waals surface area contributed by atoms with Crippen LogP contribution in [0, 0.1) is 6.92 Å². The number of hydrogen-bond acceptors (Lipinski definition) is 13. The second kappa shape index (κ2) is 17.2. The lowest BCUT2D eigenvalue weighted by atomic mass is 10.1. The van der Waals surface area contributed by atoms with E-state index in [1.54, 1.807) is 54.7 Å². The predicted molar refractivity (Wildman–Crippen MR) is 209 cm³/mol. The summed E-state index contributed by atoms with van der Waals surface area (Å²) in [7, 11) is -3.50. The van der Waals surface area contributed by atoms with Crippen molar-refractivity contribution in [1.29, 1.82) is 0 Å². The van der Waals surface area contributed by atoms with Crippen molar-refractivity contribution in [2.45, 2.75) is 63.3 Å². The topological polar surface area (TPSA) is 173 Å². The van der Waals surface area contributed by atoms with Crippen LogP contribution < -0.4 is 30.5 Å². The summed E-state index contributed by atoms with van der Waals surface area (Å²) >= 11 is 6.39. The van der Waals surface area contributed by atoms with Crippen LogP contribution in [0.5, 0.6) is 17.2 Å². The third kappa shape index (κ3) is 9.72. The average Bonchev–Trinajstić information content (AvgIpc) is 3.84. The van der Waals surface area contributed by atoms with Gasteiger partial charge in [-0.05, 0) is 93.1 Å². The standard InChI is InChI=1S/C39H40ClN7O7S/c1-26-21-36(48)54-34-23-29(12-13-31(26)34)51-19-6-4-9-28-24-47(46-45-28)18-5-2-3-7-20-55(49,50)30-11-8-10-27(22-30)42-39-41-17-16-35(44-39)43-37-32(40)14-15-33-38(37)53-25-52-33/h8,10-17,21-24H,2-7,9,18-20,25H2,1H3,(H2,41,42,43,44). The van der Waals surface area contributed by atoms with Crippen molar-refractivity contribution in [2.75, 3.05) is 29.8 Å². The summed E-state index contributed by atoms with van der Waals surface area (Å²) < 4.78 is 50.4. The van der Waals surface area contributed by atoms with Crippen molar-refractivity contribution in [3.8, 4) is 17.2 Å². The zero-order chi connectivity index (χ0) is 38.2. The molecule has 7 rings (SSSR count). The highest BCUT2D eigenvalue weighted by Gasteiger charge is 2.21. The normalized spacial score (nSPS) is 12.3. The number of anilines is 4. The van der Waals surface area contributed by atoms with E-state index in [1.165, 1.54) is 6.07 Å². The van der Waals surface area contributed by atoms with Gasteiger partial charge >= 0.3 is 5.63 Å². The Balaban J connectivity index is 0.803. The molecule has 2 N–H and O–H groups in total. The number of sulfone groups is 1. The van der Waals surface area contributed by atoms with Crippen molar-refractivity contribution in [3.05, 3.63) is 106 Å². The molecule has 1 aliphatic rings. The fourth-order valence-electron chi connectivity index (χ4n) is 6.17. The zero-order valence-electron chi connectivity index (χ0n) is 30.2. The number of fused-ring (bicyclic) bond motifs is 2. The van der Waals surface area contributed by atoms with E-state index < -0.39 is 9.84 Å². The molecule has 0 fully saturated rings.